The molecule has 2 saturated carbocycles. The summed E-state index contributed by atoms with van der Waals surface area (Å²) in [6.45, 7) is 12.2. The summed E-state index contributed by atoms with van der Waals surface area (Å²) in [5, 5.41) is 13.1. The summed E-state index contributed by atoms with van der Waals surface area (Å²) in [5.41, 5.74) is 2.31. The van der Waals surface area contributed by atoms with Gasteiger partial charge in [0.2, 0.25) is 10.0 Å². The summed E-state index contributed by atoms with van der Waals surface area (Å²) in [5.74, 6) is 0.240. The molecular formula is C44H62ClN5O7S. The number of esters is 1. The molecule has 8 rings (SSSR count). The number of sulfonamides is 1. The Balaban J connectivity index is 1.09. The zero-order valence-electron chi connectivity index (χ0n) is 34.5. The summed E-state index contributed by atoms with van der Waals surface area (Å²) in [6.07, 6.45) is 7.08. The molecule has 1 amide bonds. The molecule has 6 aliphatic rings. The van der Waals surface area contributed by atoms with Crippen molar-refractivity contribution in [2.75, 3.05) is 77.5 Å². The second-order valence-electron chi connectivity index (χ2n) is 18.4. The highest BCUT2D eigenvalue weighted by Crippen LogP contribution is 2.74. The maximum Gasteiger partial charge on any atom is 0.306 e. The van der Waals surface area contributed by atoms with Gasteiger partial charge in [-0.15, -0.1) is 0 Å². The van der Waals surface area contributed by atoms with E-state index in [4.69, 9.17) is 21.1 Å². The summed E-state index contributed by atoms with van der Waals surface area (Å²) in [4.78, 5) is 35.4. The first-order valence-corrected chi connectivity index (χ1v) is 23.5. The molecule has 1 spiro atoms. The average Bonchev–Trinajstić information content (AvgIpc) is 3.76. The van der Waals surface area contributed by atoms with Crippen LogP contribution in [-0.2, 0) is 32.6 Å². The maximum atomic E-state index is 13.7. The summed E-state index contributed by atoms with van der Waals surface area (Å²) in [6, 6.07) is 11.6. The fourth-order valence-electron chi connectivity index (χ4n) is 11.1. The molecule has 4 aliphatic heterocycles. The highest BCUT2D eigenvalue weighted by molar-refractivity contribution is 7.90. The number of piperazine rings is 2. The molecule has 2 bridgehead atoms. The molecule has 2 aromatic carbocycles. The van der Waals surface area contributed by atoms with Gasteiger partial charge < -0.3 is 19.5 Å². The molecule has 12 nitrogen and oxygen atoms in total. The van der Waals surface area contributed by atoms with Gasteiger partial charge >= 0.3 is 5.97 Å². The zero-order valence-corrected chi connectivity index (χ0v) is 36.0. The Morgan fingerprint density at radius 2 is 1.81 bits per heavy atom. The van der Waals surface area contributed by atoms with Gasteiger partial charge in [0.15, 0.2) is 0 Å². The van der Waals surface area contributed by atoms with Gasteiger partial charge in [0.25, 0.3) is 5.91 Å². The van der Waals surface area contributed by atoms with Crippen LogP contribution in [0.25, 0.3) is 0 Å². The number of anilines is 1. The third-order valence-electron chi connectivity index (χ3n) is 14.9. The maximum absolute atomic E-state index is 13.7. The third kappa shape index (κ3) is 8.63. The van der Waals surface area contributed by atoms with Crippen molar-refractivity contribution in [2.45, 2.75) is 95.1 Å². The molecule has 3 unspecified atom stereocenters. The van der Waals surface area contributed by atoms with E-state index in [9.17, 15) is 23.1 Å². The van der Waals surface area contributed by atoms with Crippen LogP contribution in [0.15, 0.2) is 36.4 Å². The second kappa shape index (κ2) is 16.8. The van der Waals surface area contributed by atoms with Crippen LogP contribution < -0.4 is 14.4 Å². The Morgan fingerprint density at radius 3 is 2.59 bits per heavy atom. The average molecular weight is 841 g/mol. The van der Waals surface area contributed by atoms with E-state index in [2.05, 4.69) is 24.3 Å². The minimum absolute atomic E-state index is 0.0579. The summed E-state index contributed by atoms with van der Waals surface area (Å²) < 4.78 is 41.3. The van der Waals surface area contributed by atoms with Crippen LogP contribution in [0, 0.1) is 23.2 Å². The fourth-order valence-corrected chi connectivity index (χ4v) is 12.6. The van der Waals surface area contributed by atoms with Crippen LogP contribution in [-0.4, -0.2) is 130 Å². The lowest BCUT2D eigenvalue weighted by atomic mass is 9.62. The molecule has 4 fully saturated rings. The number of benzene rings is 2. The van der Waals surface area contributed by atoms with Gasteiger partial charge in [-0.1, -0.05) is 31.0 Å². The van der Waals surface area contributed by atoms with Crippen molar-refractivity contribution >= 4 is 39.2 Å². The highest BCUT2D eigenvalue weighted by atomic mass is 35.5. The molecule has 0 aromatic heterocycles. The Morgan fingerprint density at radius 1 is 1.02 bits per heavy atom. The minimum Gasteiger partial charge on any atom is -0.487 e. The minimum atomic E-state index is -3.99. The van der Waals surface area contributed by atoms with Crippen molar-refractivity contribution in [2.24, 2.45) is 23.2 Å². The Bertz CT molecular complexity index is 1970. The van der Waals surface area contributed by atoms with Gasteiger partial charge in [-0.2, -0.15) is 0 Å². The lowest BCUT2D eigenvalue weighted by Gasteiger charge is -2.53. The number of methoxy groups -OCH3 is 1. The highest BCUT2D eigenvalue weighted by Gasteiger charge is 2.72. The first-order chi connectivity index (χ1) is 27.8. The number of rotatable bonds is 5. The molecule has 2 saturated heterocycles. The first-order valence-electron chi connectivity index (χ1n) is 21.6. The van der Waals surface area contributed by atoms with Crippen LogP contribution in [0.2, 0.25) is 5.02 Å². The predicted molar refractivity (Wildman–Crippen MR) is 225 cm³/mol. The van der Waals surface area contributed by atoms with E-state index in [1.807, 2.05) is 37.3 Å². The van der Waals surface area contributed by atoms with Crippen molar-refractivity contribution in [1.82, 2.24) is 19.4 Å². The Hall–Kier alpha value is -2.94. The Labute approximate surface area is 349 Å². The van der Waals surface area contributed by atoms with E-state index < -0.39 is 26.8 Å². The SMILES string of the molecule is COC(=O)CCN1CCN2CCN(C[C@@]3(O)CCCC(C)[C@@H](C)S(=O)(=O)NC(=O)c4ccc5c(c4)N(CCCCc4cc(Cl)ccc4CO5)CC45CC4C[C@H]53)C[C@H]2C1. The molecular weight excluding hydrogens is 778 g/mol. The number of hydrogen-bond acceptors (Lipinski definition) is 11. The van der Waals surface area contributed by atoms with E-state index >= 15 is 0 Å². The van der Waals surface area contributed by atoms with Gasteiger partial charge in [0.05, 0.1) is 30.1 Å². The number of halogens is 1. The molecule has 4 heterocycles. The lowest BCUT2D eigenvalue weighted by molar-refractivity contribution is -0.141. The predicted octanol–water partition coefficient (Wildman–Crippen LogP) is 4.95. The number of nitrogens with one attached hydrogen (secondary N) is 1. The van der Waals surface area contributed by atoms with E-state index in [0.29, 0.717) is 68.1 Å². The molecule has 2 N–H and O–H groups in total. The number of hydrogen-bond donors (Lipinski definition) is 2. The third-order valence-corrected chi connectivity index (χ3v) is 17.0. The van der Waals surface area contributed by atoms with Gasteiger partial charge in [0, 0.05) is 82.1 Å². The van der Waals surface area contributed by atoms with Crippen molar-refractivity contribution in [3.05, 3.63) is 58.1 Å². The van der Waals surface area contributed by atoms with Crippen LogP contribution in [0.4, 0.5) is 5.69 Å². The number of fused-ring (bicyclic) bond motifs is 3. The number of nitrogens with zero attached hydrogens (tertiary/aromatic N) is 4. The summed E-state index contributed by atoms with van der Waals surface area (Å²) >= 11 is 6.43. The van der Waals surface area contributed by atoms with E-state index in [1.54, 1.807) is 13.0 Å². The number of aryl methyl sites for hydroxylation is 1. The lowest BCUT2D eigenvalue weighted by Crippen LogP contribution is -2.65. The van der Waals surface area contributed by atoms with Gasteiger partial charge in [0.1, 0.15) is 12.4 Å². The van der Waals surface area contributed by atoms with Gasteiger partial charge in [-0.3, -0.25) is 24.3 Å². The van der Waals surface area contributed by atoms with Crippen molar-refractivity contribution < 1.29 is 32.6 Å². The molecule has 7 atom stereocenters. The quantitative estimate of drug-likeness (QED) is 0.397. The molecule has 2 aromatic rings. The van der Waals surface area contributed by atoms with Crippen LogP contribution in [0.5, 0.6) is 5.75 Å². The van der Waals surface area contributed by atoms with Crippen molar-refractivity contribution in [3.63, 3.8) is 0 Å². The first kappa shape index (κ1) is 41.8. The Kier molecular flexibility index (Phi) is 12.1. The molecule has 2 aliphatic carbocycles. The molecule has 318 valence electrons. The smallest absolute Gasteiger partial charge is 0.306 e. The normalized spacial score (nSPS) is 33.4. The molecule has 58 heavy (non-hydrogen) atoms. The number of amides is 1. The van der Waals surface area contributed by atoms with Crippen molar-refractivity contribution in [3.8, 4) is 5.75 Å². The monoisotopic (exact) mass is 839 g/mol. The van der Waals surface area contributed by atoms with E-state index in [0.717, 1.165) is 95.7 Å². The molecule has 14 heteroatoms. The number of β-amino-alcohol motifs (C(OH)–C–C–N with tert-alkyl or cyclic N) is 1. The van der Waals surface area contributed by atoms with Crippen LogP contribution in [0.1, 0.15) is 86.7 Å². The fraction of sp³-hybridized carbons (Fsp3) is 0.682. The summed E-state index contributed by atoms with van der Waals surface area (Å²) in [7, 11) is -2.55. The largest absolute Gasteiger partial charge is 0.487 e. The number of carbonyl (C=O) groups is 2. The number of ether oxygens (including phenoxy) is 2. The van der Waals surface area contributed by atoms with Gasteiger partial charge in [-0.25, -0.2) is 13.1 Å². The van der Waals surface area contributed by atoms with Gasteiger partial charge in [-0.05, 0) is 116 Å². The van der Waals surface area contributed by atoms with E-state index in [-0.39, 0.29) is 28.8 Å². The number of carbonyl (C=O) groups excluding carboxylic acids is 2. The molecule has 0 radical (unpaired) electrons. The van der Waals surface area contributed by atoms with Crippen LogP contribution in [0.3, 0.4) is 0 Å². The van der Waals surface area contributed by atoms with E-state index in [1.165, 1.54) is 12.7 Å². The van der Waals surface area contributed by atoms with Crippen LogP contribution >= 0.6 is 11.6 Å². The van der Waals surface area contributed by atoms with Crippen molar-refractivity contribution in [1.29, 1.82) is 0 Å². The number of aliphatic hydroxyl groups is 1. The zero-order chi connectivity index (χ0) is 40.8. The topological polar surface area (TPSA) is 132 Å². The second-order valence-corrected chi connectivity index (χ2v) is 20.9. The standard InChI is InChI=1S/C44H62ClN5O7S/c1-30-7-6-14-44(53,29-48-18-20-49-19-17-47(25-37(49)26-48)16-13-41(51)56-3)40-23-35-24-43(35,40)28-50-15-5-4-8-32-21-36(45)11-9-34(32)27-57-39-12-10-33(22-38(39)50)42(52)46-58(54,55)31(30)2/h9-12,21-22,30-31,35,37,40,53H,4-8,13-20,23-29H2,1-3H3,(H,46,52)/t30?,31-,35?,37-,40-,43?,44+/m1/s1.